The zero-order chi connectivity index (χ0) is 39.7. The van der Waals surface area contributed by atoms with E-state index in [1.54, 1.807) is 58.3 Å². The summed E-state index contributed by atoms with van der Waals surface area (Å²) in [5.74, 6) is -0.0214. The Hall–Kier alpha value is -6.18. The lowest BCUT2D eigenvalue weighted by atomic mass is 10.1. The van der Waals surface area contributed by atoms with Crippen LogP contribution in [0.3, 0.4) is 0 Å². The van der Waals surface area contributed by atoms with Crippen molar-refractivity contribution in [1.29, 1.82) is 0 Å². The highest BCUT2D eigenvalue weighted by atomic mass is 16.5. The molecular weight excluding hydrogens is 725 g/mol. The Kier molecular flexibility index (Phi) is 12.5. The lowest BCUT2D eigenvalue weighted by Crippen LogP contribution is -2.41. The summed E-state index contributed by atoms with van der Waals surface area (Å²) in [6.07, 6.45) is 2.07. The van der Waals surface area contributed by atoms with Crippen LogP contribution in [0.5, 0.6) is 0 Å². The van der Waals surface area contributed by atoms with Gasteiger partial charge in [0.2, 0.25) is 23.6 Å². The fraction of sp³-hybridized carbons (Fsp3) is 0.318. The van der Waals surface area contributed by atoms with Crippen LogP contribution in [0.2, 0.25) is 0 Å². The second-order valence-electron chi connectivity index (χ2n) is 14.3. The average molecular weight is 771 g/mol. The second kappa shape index (κ2) is 18.2. The highest BCUT2D eigenvalue weighted by Crippen LogP contribution is 2.30. The molecule has 3 heterocycles. The summed E-state index contributed by atoms with van der Waals surface area (Å²) in [4.78, 5) is 56.5. The molecular formula is C44H46N6O7. The number of aromatic nitrogens is 2. The molecule has 2 N–H and O–H groups in total. The van der Waals surface area contributed by atoms with E-state index in [1.807, 2.05) is 60.7 Å². The maximum Gasteiger partial charge on any atom is 0.256 e. The number of hydrogen-bond donors (Lipinski definition) is 2. The topological polar surface area (TPSA) is 156 Å². The first-order valence-electron chi connectivity index (χ1n) is 19.2. The number of benzene rings is 4. The van der Waals surface area contributed by atoms with E-state index in [0.29, 0.717) is 47.4 Å². The number of likely N-dealkylation sites (tertiary alicyclic amines) is 2. The Morgan fingerprint density at radius 1 is 0.614 bits per heavy atom. The average Bonchev–Trinajstić information content (AvgIpc) is 4.02. The first-order valence-corrected chi connectivity index (χ1v) is 19.2. The molecule has 0 bridgehead atoms. The molecule has 0 saturated carbocycles. The van der Waals surface area contributed by atoms with Crippen molar-refractivity contribution in [3.63, 3.8) is 0 Å². The van der Waals surface area contributed by atoms with Gasteiger partial charge in [-0.2, -0.15) is 0 Å². The van der Waals surface area contributed by atoms with Gasteiger partial charge in [-0.25, -0.2) is 0 Å². The molecule has 1 aromatic heterocycles. The Labute approximate surface area is 331 Å². The summed E-state index contributed by atoms with van der Waals surface area (Å²) in [5.41, 5.74) is 4.13. The molecule has 7 rings (SSSR count). The number of methoxy groups -OCH3 is 2. The van der Waals surface area contributed by atoms with Crippen molar-refractivity contribution in [2.45, 2.75) is 62.8 Å². The van der Waals surface area contributed by atoms with Crippen LogP contribution in [0.4, 0.5) is 11.4 Å². The monoisotopic (exact) mass is 770 g/mol. The van der Waals surface area contributed by atoms with E-state index in [4.69, 9.17) is 13.9 Å². The molecule has 4 amide bonds. The van der Waals surface area contributed by atoms with E-state index in [9.17, 15) is 19.2 Å². The molecule has 0 aliphatic carbocycles. The minimum atomic E-state index is -0.713. The zero-order valence-corrected chi connectivity index (χ0v) is 32.0. The maximum absolute atomic E-state index is 13.4. The zero-order valence-electron chi connectivity index (χ0n) is 32.0. The quantitative estimate of drug-likeness (QED) is 0.124. The van der Waals surface area contributed by atoms with Crippen molar-refractivity contribution in [2.75, 3.05) is 37.9 Å². The summed E-state index contributed by atoms with van der Waals surface area (Å²) >= 11 is 0. The number of nitrogens with zero attached hydrogens (tertiary/aromatic N) is 4. The van der Waals surface area contributed by atoms with E-state index < -0.39 is 12.2 Å². The Balaban J connectivity index is 0.900. The van der Waals surface area contributed by atoms with Crippen LogP contribution in [0, 0.1) is 0 Å². The molecule has 57 heavy (non-hydrogen) atoms. The van der Waals surface area contributed by atoms with Crippen molar-refractivity contribution in [1.82, 2.24) is 20.0 Å². The van der Waals surface area contributed by atoms with E-state index in [2.05, 4.69) is 20.8 Å². The Morgan fingerprint density at radius 3 is 1.37 bits per heavy atom. The summed E-state index contributed by atoms with van der Waals surface area (Å²) < 4.78 is 17.1. The van der Waals surface area contributed by atoms with Gasteiger partial charge in [0.1, 0.15) is 0 Å². The Bertz CT molecular complexity index is 1990. The fourth-order valence-electron chi connectivity index (χ4n) is 7.69. The van der Waals surface area contributed by atoms with Gasteiger partial charge < -0.3 is 34.3 Å². The molecule has 2 aliphatic heterocycles. The molecule has 2 unspecified atom stereocenters. The number of anilines is 2. The van der Waals surface area contributed by atoms with Gasteiger partial charge in [0.25, 0.3) is 11.8 Å². The molecule has 5 aromatic rings. The van der Waals surface area contributed by atoms with Gasteiger partial charge in [-0.15, -0.1) is 10.2 Å². The number of carbonyl (C=O) groups excluding carboxylic acids is 4. The van der Waals surface area contributed by atoms with Crippen LogP contribution in [-0.4, -0.2) is 83.0 Å². The molecule has 4 aromatic carbocycles. The summed E-state index contributed by atoms with van der Waals surface area (Å²) in [6, 6.07) is 32.5. The highest BCUT2D eigenvalue weighted by molar-refractivity contribution is 5.93. The fourth-order valence-corrected chi connectivity index (χ4v) is 7.69. The Morgan fingerprint density at radius 2 is 1.00 bits per heavy atom. The van der Waals surface area contributed by atoms with Gasteiger partial charge in [-0.05, 0) is 85.3 Å². The van der Waals surface area contributed by atoms with E-state index >= 15 is 0 Å². The predicted molar refractivity (Wildman–Crippen MR) is 214 cm³/mol. The largest absolute Gasteiger partial charge is 0.416 e. The van der Waals surface area contributed by atoms with Gasteiger partial charge in [0.05, 0.1) is 0 Å². The molecule has 294 valence electrons. The molecule has 2 saturated heterocycles. The van der Waals surface area contributed by atoms with Crippen LogP contribution in [-0.2, 0) is 28.7 Å². The van der Waals surface area contributed by atoms with Gasteiger partial charge in [0.15, 0.2) is 12.2 Å². The number of ether oxygens (including phenoxy) is 2. The standard InChI is InChI=1S/C44H46N6O7/c1-55-39(29-11-5-3-6-12-29)43(53)49-25-9-15-35(49)27-37(51)45-33-21-17-31(18-22-33)41-47-48-42(57-41)32-19-23-34(24-20-32)46-38(52)28-36-16-10-26-50(36)44(54)40(56-2)30-13-7-4-8-14-30/h3-8,11-14,17-24,35-36,39-40H,9-10,15-16,25-28H2,1-2H3,(H,45,51)(H,46,52)/t35-,36-,39?,40?/m0/s1. The third kappa shape index (κ3) is 9.28. The molecule has 4 atom stereocenters. The van der Waals surface area contributed by atoms with Crippen molar-refractivity contribution in [3.8, 4) is 22.9 Å². The van der Waals surface area contributed by atoms with Crippen molar-refractivity contribution in [2.24, 2.45) is 0 Å². The highest BCUT2D eigenvalue weighted by Gasteiger charge is 2.36. The lowest BCUT2D eigenvalue weighted by molar-refractivity contribution is -0.144. The molecule has 0 spiro atoms. The number of rotatable bonds is 14. The SMILES string of the molecule is COC(C(=O)N1CCC[C@H]1CC(=O)Nc1ccc(-c2nnc(-c3ccc(NC(=O)C[C@@H]4CCCN4C(=O)C(OC)c4ccccc4)cc3)o2)cc1)c1ccccc1. The van der Waals surface area contributed by atoms with Gasteiger partial charge in [-0.3, -0.25) is 19.2 Å². The van der Waals surface area contributed by atoms with E-state index in [1.165, 1.54) is 14.2 Å². The molecule has 2 aliphatic rings. The third-order valence-electron chi connectivity index (χ3n) is 10.5. The third-order valence-corrected chi connectivity index (χ3v) is 10.5. The first-order chi connectivity index (χ1) is 27.8. The normalized spacial score (nSPS) is 17.6. The second-order valence-corrected chi connectivity index (χ2v) is 14.3. The van der Waals surface area contributed by atoms with Crippen LogP contribution < -0.4 is 10.6 Å². The van der Waals surface area contributed by atoms with Gasteiger partial charge in [-0.1, -0.05) is 60.7 Å². The summed E-state index contributed by atoms with van der Waals surface area (Å²) in [6.45, 7) is 1.17. The molecule has 13 nitrogen and oxygen atoms in total. The molecule has 0 radical (unpaired) electrons. The van der Waals surface area contributed by atoms with E-state index in [0.717, 1.165) is 36.8 Å². The minimum absolute atomic E-state index is 0.136. The number of amides is 4. The van der Waals surface area contributed by atoms with Crippen LogP contribution in [0.1, 0.15) is 61.9 Å². The van der Waals surface area contributed by atoms with Gasteiger partial charge >= 0.3 is 0 Å². The molecule has 13 heteroatoms. The van der Waals surface area contributed by atoms with Crippen molar-refractivity contribution < 1.29 is 33.1 Å². The maximum atomic E-state index is 13.4. The van der Waals surface area contributed by atoms with Gasteiger partial charge in [0, 0.05) is 74.7 Å². The molecule has 2 fully saturated rings. The first kappa shape index (κ1) is 39.1. The van der Waals surface area contributed by atoms with Crippen LogP contribution in [0.25, 0.3) is 22.9 Å². The van der Waals surface area contributed by atoms with Crippen molar-refractivity contribution >= 4 is 35.0 Å². The number of nitrogens with one attached hydrogen (secondary N) is 2. The van der Waals surface area contributed by atoms with Crippen LogP contribution in [0.15, 0.2) is 114 Å². The van der Waals surface area contributed by atoms with Crippen LogP contribution >= 0.6 is 0 Å². The number of hydrogen-bond acceptors (Lipinski definition) is 9. The van der Waals surface area contributed by atoms with E-state index in [-0.39, 0.29) is 48.6 Å². The predicted octanol–water partition coefficient (Wildman–Crippen LogP) is 6.82. The smallest absolute Gasteiger partial charge is 0.256 e. The van der Waals surface area contributed by atoms with Crippen molar-refractivity contribution in [3.05, 3.63) is 120 Å². The minimum Gasteiger partial charge on any atom is -0.416 e. The summed E-state index contributed by atoms with van der Waals surface area (Å²) in [7, 11) is 3.05. The summed E-state index contributed by atoms with van der Waals surface area (Å²) in [5, 5.41) is 14.3. The lowest BCUT2D eigenvalue weighted by Gasteiger charge is -2.28. The number of carbonyl (C=O) groups is 4.